The number of likely N-dealkylation sites (tertiary alicyclic amines) is 1. The smallest absolute Gasteiger partial charge is 0.308 e. The Hall–Kier alpha value is -1.63. The molecule has 1 rings (SSSR count). The van der Waals surface area contributed by atoms with E-state index in [0.717, 1.165) is 25.9 Å². The fraction of sp³-hybridized carbons (Fsp3) is 0.769. The first-order chi connectivity index (χ1) is 9.52. The van der Waals surface area contributed by atoms with Gasteiger partial charge >= 0.3 is 5.97 Å². The van der Waals surface area contributed by atoms with Gasteiger partial charge in [0.05, 0.1) is 19.6 Å². The van der Waals surface area contributed by atoms with Crippen LogP contribution in [0.4, 0.5) is 0 Å². The van der Waals surface area contributed by atoms with Gasteiger partial charge in [0.2, 0.25) is 11.8 Å². The molecule has 1 aliphatic rings. The van der Waals surface area contributed by atoms with Crippen LogP contribution < -0.4 is 10.6 Å². The lowest BCUT2D eigenvalue weighted by atomic mass is 9.97. The van der Waals surface area contributed by atoms with Crippen molar-refractivity contribution in [2.75, 3.05) is 39.8 Å². The molecule has 0 unspecified atom stereocenters. The fourth-order valence-corrected chi connectivity index (χ4v) is 2.19. The van der Waals surface area contributed by atoms with Gasteiger partial charge < -0.3 is 15.4 Å². The normalized spacial score (nSPS) is 16.5. The Morgan fingerprint density at radius 1 is 1.15 bits per heavy atom. The summed E-state index contributed by atoms with van der Waals surface area (Å²) >= 11 is 0. The summed E-state index contributed by atoms with van der Waals surface area (Å²) in [5.74, 6) is -0.375. The zero-order valence-corrected chi connectivity index (χ0v) is 12.1. The largest absolute Gasteiger partial charge is 0.469 e. The van der Waals surface area contributed by atoms with Gasteiger partial charge in [0.25, 0.3) is 0 Å². The first-order valence-corrected chi connectivity index (χ1v) is 6.84. The highest BCUT2D eigenvalue weighted by Gasteiger charge is 2.26. The van der Waals surface area contributed by atoms with Crippen molar-refractivity contribution in [2.24, 2.45) is 5.92 Å². The van der Waals surface area contributed by atoms with Gasteiger partial charge in [-0.1, -0.05) is 0 Å². The van der Waals surface area contributed by atoms with Crippen LogP contribution in [0.1, 0.15) is 19.8 Å². The molecule has 0 radical (unpaired) electrons. The molecule has 0 aliphatic carbocycles. The number of carbonyl (C=O) groups is 3. The van der Waals surface area contributed by atoms with E-state index in [1.165, 1.54) is 14.0 Å². The molecule has 0 aromatic carbocycles. The van der Waals surface area contributed by atoms with Crippen LogP contribution in [0, 0.1) is 5.92 Å². The van der Waals surface area contributed by atoms with Gasteiger partial charge in [0, 0.05) is 20.0 Å². The molecular weight excluding hydrogens is 262 g/mol. The molecule has 0 aromatic rings. The third-order valence-corrected chi connectivity index (χ3v) is 3.31. The van der Waals surface area contributed by atoms with Crippen molar-refractivity contribution < 1.29 is 19.1 Å². The molecule has 1 heterocycles. The van der Waals surface area contributed by atoms with Crippen LogP contribution in [0.2, 0.25) is 0 Å². The van der Waals surface area contributed by atoms with Gasteiger partial charge in [-0.2, -0.15) is 0 Å². The molecular formula is C13H23N3O4. The number of hydrogen-bond acceptors (Lipinski definition) is 5. The molecule has 7 nitrogen and oxygen atoms in total. The number of nitrogens with one attached hydrogen (secondary N) is 2. The number of rotatable bonds is 6. The SMILES string of the molecule is COC(=O)C1CCN(CC(=O)NCCNC(C)=O)CC1. The van der Waals surface area contributed by atoms with E-state index in [1.807, 2.05) is 4.90 Å². The van der Waals surface area contributed by atoms with Crippen LogP contribution in [0.25, 0.3) is 0 Å². The lowest BCUT2D eigenvalue weighted by Gasteiger charge is -2.29. The highest BCUT2D eigenvalue weighted by Crippen LogP contribution is 2.17. The summed E-state index contributed by atoms with van der Waals surface area (Å²) in [5.41, 5.74) is 0. The lowest BCUT2D eigenvalue weighted by Crippen LogP contribution is -2.44. The first kappa shape index (κ1) is 16.4. The highest BCUT2D eigenvalue weighted by molar-refractivity contribution is 5.78. The fourth-order valence-electron chi connectivity index (χ4n) is 2.19. The average molecular weight is 285 g/mol. The van der Waals surface area contributed by atoms with E-state index >= 15 is 0 Å². The number of carbonyl (C=O) groups excluding carboxylic acids is 3. The van der Waals surface area contributed by atoms with E-state index in [0.29, 0.717) is 19.6 Å². The summed E-state index contributed by atoms with van der Waals surface area (Å²) < 4.78 is 4.72. The number of piperidine rings is 1. The molecule has 0 atom stereocenters. The summed E-state index contributed by atoms with van der Waals surface area (Å²) in [6, 6.07) is 0. The van der Waals surface area contributed by atoms with Crippen molar-refractivity contribution in [2.45, 2.75) is 19.8 Å². The number of esters is 1. The quantitative estimate of drug-likeness (QED) is 0.489. The van der Waals surface area contributed by atoms with E-state index in [9.17, 15) is 14.4 Å². The number of methoxy groups -OCH3 is 1. The summed E-state index contributed by atoms with van der Waals surface area (Å²) in [6.07, 6.45) is 1.46. The minimum absolute atomic E-state index is 0.0425. The second-order valence-electron chi connectivity index (χ2n) is 4.91. The van der Waals surface area contributed by atoms with E-state index in [2.05, 4.69) is 10.6 Å². The summed E-state index contributed by atoms with van der Waals surface area (Å²) in [6.45, 7) is 4.07. The van der Waals surface area contributed by atoms with Crippen molar-refractivity contribution in [1.29, 1.82) is 0 Å². The Morgan fingerprint density at radius 2 is 1.75 bits per heavy atom. The Kier molecular flexibility index (Phi) is 7.00. The maximum absolute atomic E-state index is 11.7. The molecule has 0 aromatic heterocycles. The summed E-state index contributed by atoms with van der Waals surface area (Å²) in [5, 5.41) is 5.35. The van der Waals surface area contributed by atoms with E-state index < -0.39 is 0 Å². The van der Waals surface area contributed by atoms with E-state index in [-0.39, 0.29) is 23.7 Å². The number of amides is 2. The monoisotopic (exact) mass is 285 g/mol. The van der Waals surface area contributed by atoms with Crippen LogP contribution in [-0.2, 0) is 19.1 Å². The van der Waals surface area contributed by atoms with Gasteiger partial charge in [0.15, 0.2) is 0 Å². The standard InChI is InChI=1S/C13H23N3O4/c1-10(17)14-5-6-15-12(18)9-16-7-3-11(4-8-16)13(19)20-2/h11H,3-9H2,1-2H3,(H,14,17)(H,15,18). The second-order valence-corrected chi connectivity index (χ2v) is 4.91. The molecule has 0 spiro atoms. The molecule has 1 fully saturated rings. The number of hydrogen-bond donors (Lipinski definition) is 2. The Labute approximate surface area is 119 Å². The van der Waals surface area contributed by atoms with Crippen LogP contribution in [0.3, 0.4) is 0 Å². The minimum Gasteiger partial charge on any atom is -0.469 e. The predicted molar refractivity (Wildman–Crippen MR) is 72.9 cm³/mol. The molecule has 20 heavy (non-hydrogen) atoms. The summed E-state index contributed by atoms with van der Waals surface area (Å²) in [4.78, 5) is 35.7. The topological polar surface area (TPSA) is 87.7 Å². The summed E-state index contributed by atoms with van der Waals surface area (Å²) in [7, 11) is 1.40. The molecule has 0 bridgehead atoms. The van der Waals surface area contributed by atoms with Gasteiger partial charge in [-0.3, -0.25) is 19.3 Å². The first-order valence-electron chi connectivity index (χ1n) is 6.84. The lowest BCUT2D eigenvalue weighted by molar-refractivity contribution is -0.147. The van der Waals surface area contributed by atoms with Crippen LogP contribution >= 0.6 is 0 Å². The van der Waals surface area contributed by atoms with Crippen molar-refractivity contribution in [1.82, 2.24) is 15.5 Å². The Bertz CT molecular complexity index is 352. The third-order valence-electron chi connectivity index (χ3n) is 3.31. The molecule has 1 saturated heterocycles. The van der Waals surface area contributed by atoms with Crippen LogP contribution in [-0.4, -0.2) is 62.5 Å². The molecule has 0 saturated carbocycles. The van der Waals surface area contributed by atoms with Crippen molar-refractivity contribution in [3.63, 3.8) is 0 Å². The van der Waals surface area contributed by atoms with Gasteiger partial charge in [-0.15, -0.1) is 0 Å². The predicted octanol–water partition coefficient (Wildman–Crippen LogP) is -0.876. The maximum Gasteiger partial charge on any atom is 0.308 e. The van der Waals surface area contributed by atoms with Gasteiger partial charge in [-0.05, 0) is 25.9 Å². The van der Waals surface area contributed by atoms with Crippen molar-refractivity contribution in [3.8, 4) is 0 Å². The minimum atomic E-state index is -0.163. The zero-order chi connectivity index (χ0) is 15.0. The van der Waals surface area contributed by atoms with Crippen molar-refractivity contribution >= 4 is 17.8 Å². The van der Waals surface area contributed by atoms with Gasteiger partial charge in [-0.25, -0.2) is 0 Å². The third kappa shape index (κ3) is 6.01. The average Bonchev–Trinajstić information content (AvgIpc) is 2.43. The Balaban J connectivity index is 2.15. The molecule has 7 heteroatoms. The van der Waals surface area contributed by atoms with E-state index in [4.69, 9.17) is 4.74 Å². The second kappa shape index (κ2) is 8.52. The molecule has 1 aliphatic heterocycles. The maximum atomic E-state index is 11.7. The Morgan fingerprint density at radius 3 is 2.30 bits per heavy atom. The zero-order valence-electron chi connectivity index (χ0n) is 12.1. The van der Waals surface area contributed by atoms with E-state index in [1.54, 1.807) is 0 Å². The number of ether oxygens (including phenoxy) is 1. The molecule has 2 N–H and O–H groups in total. The van der Waals surface area contributed by atoms with Crippen LogP contribution in [0.5, 0.6) is 0 Å². The number of nitrogens with zero attached hydrogens (tertiary/aromatic N) is 1. The highest BCUT2D eigenvalue weighted by atomic mass is 16.5. The molecule has 2 amide bonds. The van der Waals surface area contributed by atoms with Crippen molar-refractivity contribution in [3.05, 3.63) is 0 Å². The van der Waals surface area contributed by atoms with Crippen LogP contribution in [0.15, 0.2) is 0 Å². The van der Waals surface area contributed by atoms with Gasteiger partial charge in [0.1, 0.15) is 0 Å². The molecule has 114 valence electrons.